The van der Waals surface area contributed by atoms with Crippen LogP contribution in [0.2, 0.25) is 0 Å². The molecule has 0 aliphatic heterocycles. The molecular formula is C13H14O5. The molecule has 1 aromatic rings. The number of hydrogen-bond donors (Lipinski definition) is 0. The lowest BCUT2D eigenvalue weighted by Crippen LogP contribution is -2.11. The van der Waals surface area contributed by atoms with Gasteiger partial charge in [0.2, 0.25) is 0 Å². The maximum Gasteiger partial charge on any atom is 0.341 e. The van der Waals surface area contributed by atoms with Crippen molar-refractivity contribution in [1.29, 1.82) is 0 Å². The number of rotatable bonds is 5. The summed E-state index contributed by atoms with van der Waals surface area (Å²) in [5.41, 5.74) is 0.338. The molecule has 0 saturated heterocycles. The second kappa shape index (κ2) is 6.44. The molecule has 0 heterocycles. The quantitative estimate of drug-likeness (QED) is 0.589. The van der Waals surface area contributed by atoms with E-state index in [1.807, 2.05) is 0 Å². The standard InChI is InChI=1S/C13H14O5/c1-4-8-18-11-9(12(14)16-2)6-5-7-10(11)13(15)17-3/h4-7H,1,8H2,2-3H3. The molecule has 18 heavy (non-hydrogen) atoms. The van der Waals surface area contributed by atoms with E-state index in [0.717, 1.165) is 0 Å². The highest BCUT2D eigenvalue weighted by molar-refractivity contribution is 6.00. The molecule has 0 spiro atoms. The summed E-state index contributed by atoms with van der Waals surface area (Å²) in [4.78, 5) is 23.2. The average molecular weight is 250 g/mol. The molecule has 96 valence electrons. The van der Waals surface area contributed by atoms with Crippen LogP contribution in [0.5, 0.6) is 5.75 Å². The van der Waals surface area contributed by atoms with Crippen molar-refractivity contribution in [2.45, 2.75) is 0 Å². The minimum atomic E-state index is -0.584. The van der Waals surface area contributed by atoms with Crippen molar-refractivity contribution >= 4 is 11.9 Å². The summed E-state index contributed by atoms with van der Waals surface area (Å²) in [5.74, 6) is -1.03. The number of carbonyl (C=O) groups is 2. The molecule has 0 unspecified atom stereocenters. The lowest BCUT2D eigenvalue weighted by Gasteiger charge is -2.12. The summed E-state index contributed by atoms with van der Waals surface area (Å²) in [6, 6.07) is 4.58. The Morgan fingerprint density at radius 2 is 1.67 bits per heavy atom. The zero-order chi connectivity index (χ0) is 13.5. The van der Waals surface area contributed by atoms with Crippen molar-refractivity contribution in [3.63, 3.8) is 0 Å². The topological polar surface area (TPSA) is 61.8 Å². The minimum absolute atomic E-state index is 0.135. The van der Waals surface area contributed by atoms with E-state index in [4.69, 9.17) is 4.74 Å². The Kier molecular flexibility index (Phi) is 4.92. The van der Waals surface area contributed by atoms with Gasteiger partial charge < -0.3 is 14.2 Å². The molecule has 0 saturated carbocycles. The van der Waals surface area contributed by atoms with Crippen LogP contribution in [0.1, 0.15) is 20.7 Å². The third kappa shape index (κ3) is 2.88. The van der Waals surface area contributed by atoms with Gasteiger partial charge in [0.05, 0.1) is 14.2 Å². The van der Waals surface area contributed by atoms with Gasteiger partial charge in [0, 0.05) is 0 Å². The van der Waals surface area contributed by atoms with Gasteiger partial charge in [-0.2, -0.15) is 0 Å². The monoisotopic (exact) mass is 250 g/mol. The van der Waals surface area contributed by atoms with Gasteiger partial charge in [-0.25, -0.2) is 9.59 Å². The molecule has 5 nitrogen and oxygen atoms in total. The SMILES string of the molecule is C=CCOc1c(C(=O)OC)cccc1C(=O)OC. The molecule has 0 N–H and O–H groups in total. The Morgan fingerprint density at radius 3 is 2.06 bits per heavy atom. The van der Waals surface area contributed by atoms with Crippen LogP contribution < -0.4 is 4.74 Å². The van der Waals surface area contributed by atoms with E-state index in [-0.39, 0.29) is 23.5 Å². The smallest absolute Gasteiger partial charge is 0.341 e. The van der Waals surface area contributed by atoms with Crippen LogP contribution in [0, 0.1) is 0 Å². The van der Waals surface area contributed by atoms with E-state index in [1.165, 1.54) is 32.4 Å². The summed E-state index contributed by atoms with van der Waals surface area (Å²) >= 11 is 0. The number of hydrogen-bond acceptors (Lipinski definition) is 5. The van der Waals surface area contributed by atoms with Crippen LogP contribution in [0.4, 0.5) is 0 Å². The van der Waals surface area contributed by atoms with Gasteiger partial charge >= 0.3 is 11.9 Å². The molecule has 0 fully saturated rings. The van der Waals surface area contributed by atoms with E-state index < -0.39 is 11.9 Å². The maximum atomic E-state index is 11.6. The normalized spacial score (nSPS) is 9.44. The van der Waals surface area contributed by atoms with E-state index in [9.17, 15) is 9.59 Å². The molecule has 0 radical (unpaired) electrons. The molecular weight excluding hydrogens is 236 g/mol. The number of para-hydroxylation sites is 1. The van der Waals surface area contributed by atoms with Crippen LogP contribution in [-0.4, -0.2) is 32.8 Å². The molecule has 0 atom stereocenters. The van der Waals surface area contributed by atoms with E-state index in [0.29, 0.717) is 0 Å². The van der Waals surface area contributed by atoms with Gasteiger partial charge in [-0.3, -0.25) is 0 Å². The number of esters is 2. The third-order valence-corrected chi connectivity index (χ3v) is 2.17. The van der Waals surface area contributed by atoms with Gasteiger partial charge in [0.1, 0.15) is 23.5 Å². The largest absolute Gasteiger partial charge is 0.488 e. The van der Waals surface area contributed by atoms with Crippen molar-refractivity contribution in [2.75, 3.05) is 20.8 Å². The maximum absolute atomic E-state index is 11.6. The highest BCUT2D eigenvalue weighted by Crippen LogP contribution is 2.25. The summed E-state index contributed by atoms with van der Waals surface area (Å²) in [6.45, 7) is 3.67. The van der Waals surface area contributed by atoms with Gasteiger partial charge in [0.15, 0.2) is 0 Å². The van der Waals surface area contributed by atoms with Crippen molar-refractivity contribution in [2.24, 2.45) is 0 Å². The van der Waals surface area contributed by atoms with Crippen molar-refractivity contribution in [3.05, 3.63) is 42.0 Å². The number of carbonyl (C=O) groups excluding carboxylic acids is 2. The average Bonchev–Trinajstić information content (AvgIpc) is 2.42. The molecule has 1 aromatic carbocycles. The lowest BCUT2D eigenvalue weighted by atomic mass is 10.1. The Labute approximate surface area is 105 Å². The van der Waals surface area contributed by atoms with Gasteiger partial charge in [-0.1, -0.05) is 18.7 Å². The first-order valence-corrected chi connectivity index (χ1v) is 5.19. The Hall–Kier alpha value is -2.30. The van der Waals surface area contributed by atoms with Crippen LogP contribution in [-0.2, 0) is 9.47 Å². The number of methoxy groups -OCH3 is 2. The fourth-order valence-electron chi connectivity index (χ4n) is 1.38. The molecule has 0 bridgehead atoms. The first-order chi connectivity index (χ1) is 8.65. The van der Waals surface area contributed by atoms with Gasteiger partial charge in [0.25, 0.3) is 0 Å². The Balaban J connectivity index is 3.29. The zero-order valence-corrected chi connectivity index (χ0v) is 10.3. The predicted octanol–water partition coefficient (Wildman–Crippen LogP) is 1.82. The first-order valence-electron chi connectivity index (χ1n) is 5.19. The fourth-order valence-corrected chi connectivity index (χ4v) is 1.38. The van der Waals surface area contributed by atoms with Gasteiger partial charge in [-0.15, -0.1) is 0 Å². The van der Waals surface area contributed by atoms with Crippen molar-refractivity contribution < 1.29 is 23.8 Å². The number of benzene rings is 1. The lowest BCUT2D eigenvalue weighted by molar-refractivity contribution is 0.0591. The number of ether oxygens (including phenoxy) is 3. The van der Waals surface area contributed by atoms with Crippen LogP contribution in [0.3, 0.4) is 0 Å². The van der Waals surface area contributed by atoms with Crippen LogP contribution in [0.25, 0.3) is 0 Å². The zero-order valence-electron chi connectivity index (χ0n) is 10.3. The summed E-state index contributed by atoms with van der Waals surface area (Å²) < 4.78 is 14.6. The van der Waals surface area contributed by atoms with Gasteiger partial charge in [-0.05, 0) is 12.1 Å². The van der Waals surface area contributed by atoms with E-state index in [1.54, 1.807) is 6.07 Å². The second-order valence-electron chi connectivity index (χ2n) is 3.27. The summed E-state index contributed by atoms with van der Waals surface area (Å²) in [5, 5.41) is 0. The van der Waals surface area contributed by atoms with Crippen LogP contribution in [0.15, 0.2) is 30.9 Å². The van der Waals surface area contributed by atoms with E-state index >= 15 is 0 Å². The van der Waals surface area contributed by atoms with E-state index in [2.05, 4.69) is 16.1 Å². The summed E-state index contributed by atoms with van der Waals surface area (Å²) in [6.07, 6.45) is 1.51. The Bertz CT molecular complexity index is 430. The highest BCUT2D eigenvalue weighted by atomic mass is 16.5. The molecule has 0 aliphatic carbocycles. The summed E-state index contributed by atoms with van der Waals surface area (Å²) in [7, 11) is 2.51. The highest BCUT2D eigenvalue weighted by Gasteiger charge is 2.21. The Morgan fingerprint density at radius 1 is 1.17 bits per heavy atom. The van der Waals surface area contributed by atoms with Crippen molar-refractivity contribution in [3.8, 4) is 5.75 Å². The van der Waals surface area contributed by atoms with Crippen molar-refractivity contribution in [1.82, 2.24) is 0 Å². The molecule has 5 heteroatoms. The minimum Gasteiger partial charge on any atom is -0.488 e. The second-order valence-corrected chi connectivity index (χ2v) is 3.27. The van der Waals surface area contributed by atoms with Crippen LogP contribution >= 0.6 is 0 Å². The molecule has 0 aliphatic rings. The third-order valence-electron chi connectivity index (χ3n) is 2.17. The predicted molar refractivity (Wildman–Crippen MR) is 64.8 cm³/mol. The fraction of sp³-hybridized carbons (Fsp3) is 0.231. The molecule has 0 aromatic heterocycles. The molecule has 0 amide bonds. The molecule has 1 rings (SSSR count). The first kappa shape index (κ1) is 13.8.